The quantitative estimate of drug-likeness (QED) is 0.716. The van der Waals surface area contributed by atoms with E-state index in [2.05, 4.69) is 10.3 Å². The monoisotopic (exact) mass is 379 g/mol. The molecule has 0 saturated carbocycles. The first-order valence-electron chi connectivity index (χ1n) is 9.08. The zero-order valence-corrected chi connectivity index (χ0v) is 15.9. The minimum atomic E-state index is -0.456. The van der Waals surface area contributed by atoms with Gasteiger partial charge in [-0.2, -0.15) is 0 Å². The number of carbonyl (C=O) groups is 1. The molecule has 0 aliphatic rings. The maximum atomic E-state index is 14.1. The molecule has 2 aromatic heterocycles. The topological polar surface area (TPSA) is 64.0 Å². The van der Waals surface area contributed by atoms with Crippen molar-refractivity contribution in [3.63, 3.8) is 0 Å². The van der Waals surface area contributed by atoms with Crippen molar-refractivity contribution in [2.75, 3.05) is 6.54 Å². The van der Waals surface area contributed by atoms with Crippen LogP contribution in [0.1, 0.15) is 33.0 Å². The highest BCUT2D eigenvalue weighted by atomic mass is 19.1. The third-order valence-electron chi connectivity index (χ3n) is 4.74. The van der Waals surface area contributed by atoms with Crippen LogP contribution in [-0.2, 0) is 19.9 Å². The van der Waals surface area contributed by atoms with Gasteiger partial charge in [0.1, 0.15) is 11.4 Å². The van der Waals surface area contributed by atoms with Gasteiger partial charge in [-0.15, -0.1) is 0 Å². The largest absolute Gasteiger partial charge is 0.351 e. The highest BCUT2D eigenvalue weighted by molar-refractivity contribution is 5.95. The van der Waals surface area contributed by atoms with Crippen LogP contribution in [0, 0.1) is 12.7 Å². The third-order valence-corrected chi connectivity index (χ3v) is 4.74. The third kappa shape index (κ3) is 4.34. The van der Waals surface area contributed by atoms with Crippen molar-refractivity contribution in [1.29, 1.82) is 0 Å². The summed E-state index contributed by atoms with van der Waals surface area (Å²) in [4.78, 5) is 29.6. The first kappa shape index (κ1) is 19.5. The lowest BCUT2D eigenvalue weighted by Crippen LogP contribution is -2.33. The van der Waals surface area contributed by atoms with Crippen molar-refractivity contribution < 1.29 is 9.18 Å². The average molecular weight is 379 g/mol. The van der Waals surface area contributed by atoms with Crippen LogP contribution in [0.4, 0.5) is 4.39 Å². The number of hydrogen-bond donors (Lipinski definition) is 1. The molecule has 0 unspecified atom stereocenters. The van der Waals surface area contributed by atoms with E-state index in [1.807, 2.05) is 18.2 Å². The summed E-state index contributed by atoms with van der Waals surface area (Å²) in [6, 6.07) is 13.4. The van der Waals surface area contributed by atoms with Gasteiger partial charge in [0.15, 0.2) is 5.43 Å². The highest BCUT2D eigenvalue weighted by Crippen LogP contribution is 2.16. The maximum Gasteiger partial charge on any atom is 0.257 e. The Morgan fingerprint density at radius 3 is 2.64 bits per heavy atom. The fourth-order valence-electron chi connectivity index (χ4n) is 3.09. The van der Waals surface area contributed by atoms with Crippen LogP contribution in [0.15, 0.2) is 59.5 Å². The maximum absolute atomic E-state index is 14.1. The molecule has 0 bridgehead atoms. The molecule has 0 saturated heterocycles. The van der Waals surface area contributed by atoms with E-state index in [4.69, 9.17) is 0 Å². The molecule has 5 nitrogen and oxygen atoms in total. The van der Waals surface area contributed by atoms with E-state index in [1.54, 1.807) is 42.9 Å². The minimum Gasteiger partial charge on any atom is -0.351 e. The molecule has 6 heteroatoms. The number of rotatable bonds is 6. The standard InChI is InChI=1S/C22H22FN3O2/c1-15-13-20(27)21(22(28)25-12-10-17-8-5-6-11-24-17)19(26(15)2)14-16-7-3-4-9-18(16)23/h3-9,11,13H,10,12,14H2,1-2H3,(H,25,28). The zero-order chi connectivity index (χ0) is 20.1. The Kier molecular flexibility index (Phi) is 5.99. The van der Waals surface area contributed by atoms with E-state index < -0.39 is 5.91 Å². The lowest BCUT2D eigenvalue weighted by atomic mass is 10.0. The predicted molar refractivity (Wildman–Crippen MR) is 106 cm³/mol. The molecule has 28 heavy (non-hydrogen) atoms. The second-order valence-electron chi connectivity index (χ2n) is 6.63. The molecule has 0 aliphatic heterocycles. The summed E-state index contributed by atoms with van der Waals surface area (Å²) in [5, 5.41) is 2.79. The van der Waals surface area contributed by atoms with Crippen LogP contribution < -0.4 is 10.7 Å². The van der Waals surface area contributed by atoms with Crippen LogP contribution in [0.2, 0.25) is 0 Å². The number of nitrogens with zero attached hydrogens (tertiary/aromatic N) is 2. The van der Waals surface area contributed by atoms with E-state index in [1.165, 1.54) is 12.1 Å². The van der Waals surface area contributed by atoms with Gasteiger partial charge in [-0.05, 0) is 30.7 Å². The summed E-state index contributed by atoms with van der Waals surface area (Å²) in [7, 11) is 1.77. The fourth-order valence-corrected chi connectivity index (χ4v) is 3.09. The van der Waals surface area contributed by atoms with Gasteiger partial charge in [0.25, 0.3) is 5.91 Å². The summed E-state index contributed by atoms with van der Waals surface area (Å²) < 4.78 is 15.9. The number of hydrogen-bond acceptors (Lipinski definition) is 3. The van der Waals surface area contributed by atoms with Crippen LogP contribution in [-0.4, -0.2) is 22.0 Å². The van der Waals surface area contributed by atoms with Crippen molar-refractivity contribution in [3.8, 4) is 0 Å². The lowest BCUT2D eigenvalue weighted by molar-refractivity contribution is 0.0951. The van der Waals surface area contributed by atoms with Gasteiger partial charge in [-0.1, -0.05) is 24.3 Å². The highest BCUT2D eigenvalue weighted by Gasteiger charge is 2.20. The second kappa shape index (κ2) is 8.61. The molecule has 0 spiro atoms. The van der Waals surface area contributed by atoms with Gasteiger partial charge in [-0.3, -0.25) is 14.6 Å². The first-order valence-corrected chi connectivity index (χ1v) is 9.08. The number of nitrogens with one attached hydrogen (secondary N) is 1. The van der Waals surface area contributed by atoms with Crippen LogP contribution in [0.5, 0.6) is 0 Å². The van der Waals surface area contributed by atoms with E-state index in [-0.39, 0.29) is 23.2 Å². The summed E-state index contributed by atoms with van der Waals surface area (Å²) in [5.41, 5.74) is 2.18. The Morgan fingerprint density at radius 2 is 1.93 bits per heavy atom. The Morgan fingerprint density at radius 1 is 1.18 bits per heavy atom. The van der Waals surface area contributed by atoms with Crippen molar-refractivity contribution in [3.05, 3.63) is 99.0 Å². The SMILES string of the molecule is Cc1cc(=O)c(C(=O)NCCc2ccccn2)c(Cc2ccccc2F)n1C. The summed E-state index contributed by atoms with van der Waals surface area (Å²) in [6.45, 7) is 2.14. The van der Waals surface area contributed by atoms with E-state index in [0.29, 0.717) is 29.9 Å². The number of halogens is 1. The Labute approximate surface area is 162 Å². The molecule has 0 radical (unpaired) electrons. The average Bonchev–Trinajstić information content (AvgIpc) is 2.68. The molecule has 0 atom stereocenters. The number of aryl methyl sites for hydroxylation is 1. The van der Waals surface area contributed by atoms with Crippen LogP contribution in [0.3, 0.4) is 0 Å². The molecular formula is C22H22FN3O2. The summed E-state index contributed by atoms with van der Waals surface area (Å²) in [6.07, 6.45) is 2.41. The van der Waals surface area contributed by atoms with Crippen molar-refractivity contribution in [2.45, 2.75) is 19.8 Å². The van der Waals surface area contributed by atoms with Crippen molar-refractivity contribution in [1.82, 2.24) is 14.9 Å². The van der Waals surface area contributed by atoms with Gasteiger partial charge in [-0.25, -0.2) is 4.39 Å². The number of carbonyl (C=O) groups excluding carboxylic acids is 1. The number of pyridine rings is 2. The molecule has 0 aliphatic carbocycles. The molecule has 1 amide bonds. The summed E-state index contributed by atoms with van der Waals surface area (Å²) >= 11 is 0. The van der Waals surface area contributed by atoms with Crippen LogP contribution in [0.25, 0.3) is 0 Å². The van der Waals surface area contributed by atoms with E-state index >= 15 is 0 Å². The zero-order valence-electron chi connectivity index (χ0n) is 15.9. The van der Waals surface area contributed by atoms with Gasteiger partial charge >= 0.3 is 0 Å². The second-order valence-corrected chi connectivity index (χ2v) is 6.63. The molecule has 2 heterocycles. The van der Waals surface area contributed by atoms with Crippen molar-refractivity contribution >= 4 is 5.91 Å². The molecular weight excluding hydrogens is 357 g/mol. The van der Waals surface area contributed by atoms with E-state index in [0.717, 1.165) is 5.69 Å². The molecule has 1 N–H and O–H groups in total. The molecule has 3 rings (SSSR count). The normalized spacial score (nSPS) is 10.7. The Bertz CT molecular complexity index is 1050. The fraction of sp³-hybridized carbons (Fsp3) is 0.227. The van der Waals surface area contributed by atoms with E-state index in [9.17, 15) is 14.0 Å². The number of benzene rings is 1. The Balaban J connectivity index is 1.87. The van der Waals surface area contributed by atoms with Crippen LogP contribution >= 0.6 is 0 Å². The Hall–Kier alpha value is -3.28. The molecule has 144 valence electrons. The lowest BCUT2D eigenvalue weighted by Gasteiger charge is -2.17. The smallest absolute Gasteiger partial charge is 0.257 e. The number of amides is 1. The predicted octanol–water partition coefficient (Wildman–Crippen LogP) is 2.79. The molecule has 3 aromatic rings. The number of aromatic nitrogens is 2. The van der Waals surface area contributed by atoms with Gasteiger partial charge in [0.2, 0.25) is 0 Å². The van der Waals surface area contributed by atoms with Gasteiger partial charge in [0.05, 0.1) is 0 Å². The van der Waals surface area contributed by atoms with Crippen molar-refractivity contribution in [2.24, 2.45) is 7.05 Å². The minimum absolute atomic E-state index is 0.0531. The van der Waals surface area contributed by atoms with Gasteiger partial charge in [0, 0.05) is 55.8 Å². The summed E-state index contributed by atoms with van der Waals surface area (Å²) in [5.74, 6) is -0.819. The first-order chi connectivity index (χ1) is 13.5. The van der Waals surface area contributed by atoms with Gasteiger partial charge < -0.3 is 9.88 Å². The molecule has 0 fully saturated rings. The molecule has 1 aromatic carbocycles.